The number of nitrogens with one attached hydrogen (secondary N) is 1. The maximum atomic E-state index is 5.89. The van der Waals surface area contributed by atoms with E-state index in [0.717, 1.165) is 55.7 Å². The van der Waals surface area contributed by atoms with Crippen molar-refractivity contribution >= 4 is 5.95 Å². The molecule has 1 fully saturated rings. The number of benzene rings is 1. The third-order valence-corrected chi connectivity index (χ3v) is 4.64. The van der Waals surface area contributed by atoms with Crippen LogP contribution in [-0.2, 0) is 6.54 Å². The Hall–Kier alpha value is -2.67. The van der Waals surface area contributed by atoms with Crippen LogP contribution in [0.15, 0.2) is 35.0 Å². The van der Waals surface area contributed by atoms with Gasteiger partial charge in [0.05, 0.1) is 5.69 Å². The van der Waals surface area contributed by atoms with Crippen molar-refractivity contribution in [3.05, 3.63) is 47.6 Å². The molecule has 7 heteroatoms. The van der Waals surface area contributed by atoms with Crippen molar-refractivity contribution in [2.45, 2.75) is 20.4 Å². The van der Waals surface area contributed by atoms with Crippen LogP contribution in [0.5, 0.6) is 0 Å². The molecule has 25 heavy (non-hydrogen) atoms. The molecule has 0 saturated carbocycles. The first-order chi connectivity index (χ1) is 12.2. The maximum Gasteiger partial charge on any atom is 0.226 e. The first-order valence-corrected chi connectivity index (χ1v) is 8.55. The molecule has 0 radical (unpaired) electrons. The molecular formula is C18H22N6O. The van der Waals surface area contributed by atoms with Gasteiger partial charge in [-0.1, -0.05) is 17.7 Å². The van der Waals surface area contributed by atoms with E-state index in [1.54, 1.807) is 6.33 Å². The normalized spacial score (nSPS) is 15.7. The molecule has 3 heterocycles. The van der Waals surface area contributed by atoms with Crippen molar-refractivity contribution in [1.82, 2.24) is 25.1 Å². The van der Waals surface area contributed by atoms with Crippen LogP contribution in [0.25, 0.3) is 11.5 Å². The first kappa shape index (κ1) is 15.8. The zero-order valence-corrected chi connectivity index (χ0v) is 14.6. The molecule has 0 bridgehead atoms. The number of hydrogen-bond acceptors (Lipinski definition) is 6. The molecule has 0 aliphatic carbocycles. The van der Waals surface area contributed by atoms with E-state index in [1.807, 2.05) is 6.92 Å². The van der Waals surface area contributed by atoms with Crippen LogP contribution in [0, 0.1) is 13.8 Å². The highest BCUT2D eigenvalue weighted by Gasteiger charge is 2.21. The third kappa shape index (κ3) is 3.41. The van der Waals surface area contributed by atoms with E-state index in [9.17, 15) is 0 Å². The molecule has 1 saturated heterocycles. The molecule has 7 nitrogen and oxygen atoms in total. The van der Waals surface area contributed by atoms with Gasteiger partial charge in [0.25, 0.3) is 0 Å². The van der Waals surface area contributed by atoms with Crippen LogP contribution in [0.1, 0.15) is 17.0 Å². The second-order valence-corrected chi connectivity index (χ2v) is 6.46. The van der Waals surface area contributed by atoms with Crippen LogP contribution >= 0.6 is 0 Å². The van der Waals surface area contributed by atoms with Gasteiger partial charge in [0.2, 0.25) is 11.8 Å². The first-order valence-electron chi connectivity index (χ1n) is 8.55. The molecule has 4 rings (SSSR count). The lowest BCUT2D eigenvalue weighted by Gasteiger charge is -2.33. The summed E-state index contributed by atoms with van der Waals surface area (Å²) in [6.07, 6.45) is 1.55. The number of oxazole rings is 1. The minimum Gasteiger partial charge on any atom is -0.441 e. The summed E-state index contributed by atoms with van der Waals surface area (Å²) in [6.45, 7) is 8.66. The molecule has 0 spiro atoms. The highest BCUT2D eigenvalue weighted by atomic mass is 16.4. The van der Waals surface area contributed by atoms with Gasteiger partial charge in [-0.2, -0.15) is 10.1 Å². The van der Waals surface area contributed by atoms with Crippen molar-refractivity contribution in [1.29, 1.82) is 0 Å². The van der Waals surface area contributed by atoms with Crippen molar-refractivity contribution < 1.29 is 4.42 Å². The number of aromatic amines is 1. The fraction of sp³-hybridized carbons (Fsp3) is 0.389. The predicted octanol–water partition coefficient (Wildman–Crippen LogP) is 2.40. The Labute approximate surface area is 146 Å². The van der Waals surface area contributed by atoms with E-state index < -0.39 is 0 Å². The monoisotopic (exact) mass is 338 g/mol. The van der Waals surface area contributed by atoms with Crippen molar-refractivity contribution in [3.63, 3.8) is 0 Å². The molecule has 1 aromatic carbocycles. The average Bonchev–Trinajstić information content (AvgIpc) is 3.27. The smallest absolute Gasteiger partial charge is 0.226 e. The maximum absolute atomic E-state index is 5.89. The van der Waals surface area contributed by atoms with E-state index in [2.05, 4.69) is 56.2 Å². The number of aromatic nitrogens is 4. The van der Waals surface area contributed by atoms with Gasteiger partial charge in [-0.3, -0.25) is 4.90 Å². The average molecular weight is 338 g/mol. The summed E-state index contributed by atoms with van der Waals surface area (Å²) < 4.78 is 5.89. The van der Waals surface area contributed by atoms with Gasteiger partial charge in [0.15, 0.2) is 0 Å². The van der Waals surface area contributed by atoms with Gasteiger partial charge in [0, 0.05) is 38.3 Å². The van der Waals surface area contributed by atoms with Crippen LogP contribution in [-0.4, -0.2) is 51.2 Å². The molecule has 0 amide bonds. The molecule has 130 valence electrons. The summed E-state index contributed by atoms with van der Waals surface area (Å²) >= 11 is 0. The summed E-state index contributed by atoms with van der Waals surface area (Å²) in [5.74, 6) is 2.44. The minimum absolute atomic E-state index is 0.702. The predicted molar refractivity (Wildman–Crippen MR) is 95.3 cm³/mol. The molecule has 1 aliphatic rings. The zero-order chi connectivity index (χ0) is 17.2. The molecule has 1 N–H and O–H groups in total. The van der Waals surface area contributed by atoms with Crippen molar-refractivity contribution in [2.75, 3.05) is 31.1 Å². The summed E-state index contributed by atoms with van der Waals surface area (Å²) in [5.41, 5.74) is 3.27. The summed E-state index contributed by atoms with van der Waals surface area (Å²) in [5, 5.41) is 6.84. The number of piperazine rings is 1. The highest BCUT2D eigenvalue weighted by molar-refractivity contribution is 5.54. The Morgan fingerprint density at radius 2 is 1.84 bits per heavy atom. The Bertz CT molecular complexity index is 816. The molecule has 3 aromatic rings. The highest BCUT2D eigenvalue weighted by Crippen LogP contribution is 2.23. The minimum atomic E-state index is 0.702. The standard InChI is InChI=1S/C18H22N6O/c1-13-3-5-15(6-4-13)17-21-16(14(2)25-17)11-23-7-9-24(10-8-23)18-19-12-20-22-18/h3-6,12H,7-11H2,1-2H3,(H,19,20,22). The van der Waals surface area contributed by atoms with Crippen LogP contribution in [0.3, 0.4) is 0 Å². The summed E-state index contributed by atoms with van der Waals surface area (Å²) in [6, 6.07) is 8.27. The largest absolute Gasteiger partial charge is 0.441 e. The zero-order valence-electron chi connectivity index (χ0n) is 14.6. The molecule has 0 atom stereocenters. The number of hydrogen-bond donors (Lipinski definition) is 1. The van der Waals surface area contributed by atoms with Gasteiger partial charge in [-0.25, -0.2) is 10.1 Å². The number of anilines is 1. The van der Waals surface area contributed by atoms with Gasteiger partial charge < -0.3 is 9.32 Å². The Balaban J connectivity index is 1.41. The molecule has 1 aliphatic heterocycles. The van der Waals surface area contributed by atoms with Gasteiger partial charge >= 0.3 is 0 Å². The SMILES string of the molecule is Cc1ccc(-c2nc(CN3CCN(c4ncn[nH]4)CC3)c(C)o2)cc1. The van der Waals surface area contributed by atoms with Gasteiger partial charge in [-0.05, 0) is 26.0 Å². The van der Waals surface area contributed by atoms with Crippen LogP contribution < -0.4 is 4.90 Å². The van der Waals surface area contributed by atoms with E-state index in [1.165, 1.54) is 5.56 Å². The molecular weight excluding hydrogens is 316 g/mol. The second-order valence-electron chi connectivity index (χ2n) is 6.46. The van der Waals surface area contributed by atoms with Gasteiger partial charge in [0.1, 0.15) is 12.1 Å². The molecule has 0 unspecified atom stereocenters. The third-order valence-electron chi connectivity index (χ3n) is 4.64. The summed E-state index contributed by atoms with van der Waals surface area (Å²) in [4.78, 5) is 13.6. The van der Waals surface area contributed by atoms with Crippen LogP contribution in [0.2, 0.25) is 0 Å². The lowest BCUT2D eigenvalue weighted by Crippen LogP contribution is -2.46. The number of H-pyrrole nitrogens is 1. The van der Waals surface area contributed by atoms with Crippen molar-refractivity contribution in [3.8, 4) is 11.5 Å². The number of aryl methyl sites for hydroxylation is 2. The van der Waals surface area contributed by atoms with Gasteiger partial charge in [-0.15, -0.1) is 0 Å². The number of nitrogens with zero attached hydrogens (tertiary/aromatic N) is 5. The fourth-order valence-corrected chi connectivity index (χ4v) is 3.08. The topological polar surface area (TPSA) is 74.1 Å². The lowest BCUT2D eigenvalue weighted by atomic mass is 10.1. The Morgan fingerprint density at radius 3 is 2.52 bits per heavy atom. The molecule has 2 aromatic heterocycles. The van der Waals surface area contributed by atoms with E-state index in [4.69, 9.17) is 9.40 Å². The second kappa shape index (κ2) is 6.68. The van der Waals surface area contributed by atoms with E-state index >= 15 is 0 Å². The Kier molecular flexibility index (Phi) is 4.23. The van der Waals surface area contributed by atoms with Crippen molar-refractivity contribution in [2.24, 2.45) is 0 Å². The van der Waals surface area contributed by atoms with E-state index in [0.29, 0.717) is 5.89 Å². The summed E-state index contributed by atoms with van der Waals surface area (Å²) in [7, 11) is 0. The number of rotatable bonds is 4. The lowest BCUT2D eigenvalue weighted by molar-refractivity contribution is 0.245. The van der Waals surface area contributed by atoms with Crippen LogP contribution in [0.4, 0.5) is 5.95 Å². The Morgan fingerprint density at radius 1 is 1.08 bits per heavy atom. The van der Waals surface area contributed by atoms with E-state index in [-0.39, 0.29) is 0 Å². The fourth-order valence-electron chi connectivity index (χ4n) is 3.08. The quantitative estimate of drug-likeness (QED) is 0.787.